The van der Waals surface area contributed by atoms with Crippen LogP contribution in [0.2, 0.25) is 0 Å². The lowest BCUT2D eigenvalue weighted by Gasteiger charge is -2.24. The molecule has 4 rings (SSSR count). The number of aromatic nitrogens is 3. The van der Waals surface area contributed by atoms with Crippen LogP contribution in [0.4, 0.5) is 0 Å². The van der Waals surface area contributed by atoms with Gasteiger partial charge in [0.1, 0.15) is 0 Å². The smallest absolute Gasteiger partial charge is 0.260 e. The first-order valence-corrected chi connectivity index (χ1v) is 7.29. The number of morpholine rings is 1. The van der Waals surface area contributed by atoms with Gasteiger partial charge in [-0.2, -0.15) is 0 Å². The summed E-state index contributed by atoms with van der Waals surface area (Å²) in [5.41, 5.74) is 2.72. The summed E-state index contributed by atoms with van der Waals surface area (Å²) in [4.78, 5) is 18.6. The molecule has 3 aromatic rings. The fraction of sp³-hybridized carbons (Fsp3) is 0.250. The lowest BCUT2D eigenvalue weighted by molar-refractivity contribution is 0.0769. The van der Waals surface area contributed by atoms with Crippen LogP contribution in [0.15, 0.2) is 47.7 Å². The van der Waals surface area contributed by atoms with Crippen LogP contribution in [-0.2, 0) is 4.74 Å². The third-order valence-electron chi connectivity index (χ3n) is 3.98. The zero-order chi connectivity index (χ0) is 14.9. The summed E-state index contributed by atoms with van der Waals surface area (Å²) in [5.74, 6) is 0. The molecule has 1 saturated heterocycles. The molecule has 1 aliphatic heterocycles. The van der Waals surface area contributed by atoms with Crippen LogP contribution in [0, 0.1) is 0 Å². The third-order valence-corrected chi connectivity index (χ3v) is 3.98. The van der Waals surface area contributed by atoms with Crippen molar-refractivity contribution in [1.29, 1.82) is 0 Å². The van der Waals surface area contributed by atoms with Crippen molar-refractivity contribution >= 4 is 11.0 Å². The molecule has 1 atom stereocenters. The Labute approximate surface area is 126 Å². The van der Waals surface area contributed by atoms with Crippen molar-refractivity contribution in [3.8, 4) is 5.69 Å². The average Bonchev–Trinajstić information content (AvgIpc) is 3.01. The van der Waals surface area contributed by atoms with Gasteiger partial charge in [0.25, 0.3) is 5.56 Å². The van der Waals surface area contributed by atoms with E-state index in [9.17, 15) is 4.79 Å². The van der Waals surface area contributed by atoms with Crippen LogP contribution in [0.5, 0.6) is 0 Å². The second-order valence-electron chi connectivity index (χ2n) is 5.33. The van der Waals surface area contributed by atoms with Crippen molar-refractivity contribution in [2.24, 2.45) is 0 Å². The Balaban J connectivity index is 1.70. The highest BCUT2D eigenvalue weighted by Gasteiger charge is 2.15. The minimum Gasteiger partial charge on any atom is -0.378 e. The summed E-state index contributed by atoms with van der Waals surface area (Å²) in [7, 11) is 0. The Kier molecular flexibility index (Phi) is 3.25. The molecule has 2 N–H and O–H groups in total. The number of H-pyrrole nitrogens is 1. The molecule has 6 heteroatoms. The number of hydrogen-bond donors (Lipinski definition) is 2. The molecule has 22 heavy (non-hydrogen) atoms. The fourth-order valence-electron chi connectivity index (χ4n) is 2.82. The van der Waals surface area contributed by atoms with Crippen molar-refractivity contribution in [3.05, 3.63) is 58.8 Å². The van der Waals surface area contributed by atoms with Gasteiger partial charge < -0.3 is 19.6 Å². The van der Waals surface area contributed by atoms with E-state index in [0.717, 1.165) is 18.8 Å². The van der Waals surface area contributed by atoms with E-state index < -0.39 is 0 Å². The maximum atomic E-state index is 11.8. The van der Waals surface area contributed by atoms with E-state index in [1.807, 2.05) is 22.9 Å². The molecule has 1 aromatic carbocycles. The molecule has 3 heterocycles. The molecule has 112 valence electrons. The molecule has 1 aliphatic rings. The van der Waals surface area contributed by atoms with Gasteiger partial charge in [-0.15, -0.1) is 0 Å². The van der Waals surface area contributed by atoms with E-state index in [2.05, 4.69) is 27.4 Å². The van der Waals surface area contributed by atoms with E-state index in [4.69, 9.17) is 4.74 Å². The summed E-state index contributed by atoms with van der Waals surface area (Å²) in [6.45, 7) is 2.34. The lowest BCUT2D eigenvalue weighted by Crippen LogP contribution is -2.34. The van der Waals surface area contributed by atoms with E-state index in [1.165, 1.54) is 11.9 Å². The molecule has 6 nitrogen and oxygen atoms in total. The lowest BCUT2D eigenvalue weighted by atomic mass is 10.1. The number of ether oxygens (including phenoxy) is 1. The van der Waals surface area contributed by atoms with Crippen LogP contribution < -0.4 is 10.9 Å². The fourth-order valence-corrected chi connectivity index (χ4v) is 2.82. The van der Waals surface area contributed by atoms with Crippen molar-refractivity contribution in [2.75, 3.05) is 19.8 Å². The maximum absolute atomic E-state index is 11.8. The van der Waals surface area contributed by atoms with Gasteiger partial charge in [-0.3, -0.25) is 4.79 Å². The Morgan fingerprint density at radius 2 is 2.09 bits per heavy atom. The van der Waals surface area contributed by atoms with Gasteiger partial charge in [0.2, 0.25) is 0 Å². The molecule has 1 fully saturated rings. The number of nitrogens with one attached hydrogen (secondary N) is 2. The number of benzene rings is 1. The van der Waals surface area contributed by atoms with Crippen LogP contribution in [0.1, 0.15) is 11.6 Å². The Morgan fingerprint density at radius 3 is 2.86 bits per heavy atom. The summed E-state index contributed by atoms with van der Waals surface area (Å²) < 4.78 is 7.41. The van der Waals surface area contributed by atoms with Gasteiger partial charge in [0.05, 0.1) is 31.0 Å². The van der Waals surface area contributed by atoms with Crippen LogP contribution in [0.25, 0.3) is 16.7 Å². The van der Waals surface area contributed by atoms with Gasteiger partial charge in [-0.25, -0.2) is 4.98 Å². The topological polar surface area (TPSA) is 71.9 Å². The molecule has 0 amide bonds. The predicted octanol–water partition coefficient (Wildman–Crippen LogP) is 1.37. The van der Waals surface area contributed by atoms with E-state index >= 15 is 0 Å². The summed E-state index contributed by atoms with van der Waals surface area (Å²) in [6, 6.07) is 10.3. The van der Waals surface area contributed by atoms with E-state index in [1.54, 1.807) is 6.07 Å². The van der Waals surface area contributed by atoms with E-state index in [-0.39, 0.29) is 11.6 Å². The maximum Gasteiger partial charge on any atom is 0.260 e. The Morgan fingerprint density at radius 1 is 1.23 bits per heavy atom. The first kappa shape index (κ1) is 13.2. The van der Waals surface area contributed by atoms with Crippen LogP contribution in [-0.4, -0.2) is 34.3 Å². The molecule has 0 bridgehead atoms. The monoisotopic (exact) mass is 296 g/mol. The minimum absolute atomic E-state index is 0.121. The highest BCUT2D eigenvalue weighted by Crippen LogP contribution is 2.20. The minimum atomic E-state index is -0.121. The number of nitrogens with zero attached hydrogens (tertiary/aromatic N) is 2. The van der Waals surface area contributed by atoms with Gasteiger partial charge >= 0.3 is 0 Å². The molecular weight excluding hydrogens is 280 g/mol. The van der Waals surface area contributed by atoms with Crippen molar-refractivity contribution in [1.82, 2.24) is 19.9 Å². The summed E-state index contributed by atoms with van der Waals surface area (Å²) in [5, 5.41) is 4.03. The van der Waals surface area contributed by atoms with Gasteiger partial charge in [-0.05, 0) is 23.8 Å². The summed E-state index contributed by atoms with van der Waals surface area (Å²) in [6.07, 6.45) is 3.29. The third kappa shape index (κ3) is 2.22. The van der Waals surface area contributed by atoms with Crippen molar-refractivity contribution in [3.63, 3.8) is 0 Å². The first-order valence-electron chi connectivity index (χ1n) is 7.29. The van der Waals surface area contributed by atoms with Gasteiger partial charge in [0.15, 0.2) is 5.65 Å². The molecule has 0 aliphatic carbocycles. The normalized spacial score (nSPS) is 18.6. The van der Waals surface area contributed by atoms with Gasteiger partial charge in [0, 0.05) is 18.4 Å². The number of rotatable bonds is 2. The molecule has 0 radical (unpaired) electrons. The summed E-state index contributed by atoms with van der Waals surface area (Å²) >= 11 is 0. The highest BCUT2D eigenvalue weighted by atomic mass is 16.5. The highest BCUT2D eigenvalue weighted by molar-refractivity contribution is 5.76. The molecule has 0 spiro atoms. The number of hydrogen-bond acceptors (Lipinski definition) is 4. The second-order valence-corrected chi connectivity index (χ2v) is 5.33. The molecule has 0 unspecified atom stereocenters. The molecular formula is C16H16N4O2. The quantitative estimate of drug-likeness (QED) is 0.749. The average molecular weight is 296 g/mol. The predicted molar refractivity (Wildman–Crippen MR) is 83.3 cm³/mol. The second kappa shape index (κ2) is 5.40. The molecule has 2 aromatic heterocycles. The Bertz CT molecular complexity index is 844. The SMILES string of the molecule is O=c1[nH]cnc2c1ccn2-c1ccc([C@@H]2COCCN2)cc1. The van der Waals surface area contributed by atoms with Crippen molar-refractivity contribution in [2.45, 2.75) is 6.04 Å². The van der Waals surface area contributed by atoms with Gasteiger partial charge in [-0.1, -0.05) is 12.1 Å². The van der Waals surface area contributed by atoms with E-state index in [0.29, 0.717) is 17.6 Å². The first-order chi connectivity index (χ1) is 10.8. The zero-order valence-electron chi connectivity index (χ0n) is 12.0. The Hall–Kier alpha value is -2.44. The number of aromatic amines is 1. The zero-order valence-corrected chi connectivity index (χ0v) is 12.0. The van der Waals surface area contributed by atoms with Crippen LogP contribution >= 0.6 is 0 Å². The van der Waals surface area contributed by atoms with Crippen LogP contribution in [0.3, 0.4) is 0 Å². The number of fused-ring (bicyclic) bond motifs is 1. The largest absolute Gasteiger partial charge is 0.378 e. The standard InChI is InChI=1S/C16H16N4O2/c21-16-13-5-7-20(15(13)18-10-19-16)12-3-1-11(2-4-12)14-9-22-8-6-17-14/h1-5,7,10,14,17H,6,8-9H2,(H,18,19,21)/t14-/m0/s1. The molecule has 0 saturated carbocycles. The van der Waals surface area contributed by atoms with Crippen molar-refractivity contribution < 1.29 is 4.74 Å².